The van der Waals surface area contributed by atoms with Gasteiger partial charge in [0, 0.05) is 31.7 Å². The van der Waals surface area contributed by atoms with Gasteiger partial charge in [0.15, 0.2) is 11.2 Å². The van der Waals surface area contributed by atoms with Crippen LogP contribution in [-0.2, 0) is 6.54 Å². The molecule has 0 bridgehead atoms. The van der Waals surface area contributed by atoms with Crippen molar-refractivity contribution in [3.63, 3.8) is 0 Å². The van der Waals surface area contributed by atoms with Crippen LogP contribution in [0.1, 0.15) is 28.1 Å². The second-order valence-corrected chi connectivity index (χ2v) is 7.15. The van der Waals surface area contributed by atoms with E-state index in [-0.39, 0.29) is 23.1 Å². The number of likely N-dealkylation sites (tertiary alicyclic amines) is 1. The lowest BCUT2D eigenvalue weighted by atomic mass is 10.1. The van der Waals surface area contributed by atoms with Crippen molar-refractivity contribution < 1.29 is 9.21 Å². The maximum Gasteiger partial charge on any atom is 0.287 e. The minimum Gasteiger partial charge on any atom is -0.451 e. The lowest BCUT2D eigenvalue weighted by Gasteiger charge is -2.16. The Morgan fingerprint density at radius 1 is 1.19 bits per heavy atom. The molecule has 0 saturated carbocycles. The number of rotatable bonds is 4. The SMILES string of the molecule is Cc1ccc2oc(C(=O)N[C@@H]3CCN(Cc4ccccc4)C3)cc(=O)c2c1. The van der Waals surface area contributed by atoms with Crippen molar-refractivity contribution in [3.8, 4) is 0 Å². The molecule has 0 aliphatic carbocycles. The van der Waals surface area contributed by atoms with Crippen molar-refractivity contribution >= 4 is 16.9 Å². The maximum absolute atomic E-state index is 12.6. The minimum atomic E-state index is -0.332. The van der Waals surface area contributed by atoms with Gasteiger partial charge < -0.3 is 9.73 Å². The Morgan fingerprint density at radius 3 is 2.81 bits per heavy atom. The third-order valence-electron chi connectivity index (χ3n) is 4.96. The Morgan fingerprint density at radius 2 is 2.00 bits per heavy atom. The first kappa shape index (κ1) is 17.5. The van der Waals surface area contributed by atoms with Crippen molar-refractivity contribution in [2.75, 3.05) is 13.1 Å². The average molecular weight is 362 g/mol. The molecule has 27 heavy (non-hydrogen) atoms. The zero-order valence-electron chi connectivity index (χ0n) is 15.3. The first-order valence-corrected chi connectivity index (χ1v) is 9.20. The lowest BCUT2D eigenvalue weighted by Crippen LogP contribution is -2.37. The smallest absolute Gasteiger partial charge is 0.287 e. The molecule has 5 nitrogen and oxygen atoms in total. The fourth-order valence-corrected chi connectivity index (χ4v) is 3.57. The molecule has 4 rings (SSSR count). The number of fused-ring (bicyclic) bond motifs is 1. The highest BCUT2D eigenvalue weighted by Crippen LogP contribution is 2.16. The first-order valence-electron chi connectivity index (χ1n) is 9.20. The molecule has 1 aliphatic heterocycles. The minimum absolute atomic E-state index is 0.0558. The van der Waals surface area contributed by atoms with Crippen LogP contribution in [0.25, 0.3) is 11.0 Å². The van der Waals surface area contributed by atoms with Gasteiger partial charge >= 0.3 is 0 Å². The molecule has 2 aromatic carbocycles. The highest BCUT2D eigenvalue weighted by Gasteiger charge is 2.25. The van der Waals surface area contributed by atoms with Gasteiger partial charge in [-0.3, -0.25) is 14.5 Å². The van der Waals surface area contributed by atoms with E-state index in [1.807, 2.05) is 31.2 Å². The maximum atomic E-state index is 12.6. The van der Waals surface area contributed by atoms with Crippen LogP contribution in [0.5, 0.6) is 0 Å². The van der Waals surface area contributed by atoms with Crippen molar-refractivity contribution in [1.82, 2.24) is 10.2 Å². The van der Waals surface area contributed by atoms with Gasteiger partial charge in [-0.2, -0.15) is 0 Å². The standard InChI is InChI=1S/C22H22N2O3/c1-15-7-8-20-18(11-15)19(25)12-21(27-20)22(26)23-17-9-10-24(14-17)13-16-5-3-2-4-6-16/h2-8,11-12,17H,9-10,13-14H2,1H3,(H,23,26)/t17-/m1/s1. The Labute approximate surface area is 157 Å². The summed E-state index contributed by atoms with van der Waals surface area (Å²) < 4.78 is 5.67. The van der Waals surface area contributed by atoms with Crippen molar-refractivity contribution in [2.45, 2.75) is 25.9 Å². The third kappa shape index (κ3) is 3.93. The van der Waals surface area contributed by atoms with E-state index >= 15 is 0 Å². The van der Waals surface area contributed by atoms with E-state index in [4.69, 9.17) is 4.42 Å². The fraction of sp³-hybridized carbons (Fsp3) is 0.273. The summed E-state index contributed by atoms with van der Waals surface area (Å²) in [6.45, 7) is 4.51. The summed E-state index contributed by atoms with van der Waals surface area (Å²) in [6.07, 6.45) is 0.885. The number of amides is 1. The van der Waals surface area contributed by atoms with E-state index in [9.17, 15) is 9.59 Å². The Balaban J connectivity index is 1.43. The fourth-order valence-electron chi connectivity index (χ4n) is 3.57. The van der Waals surface area contributed by atoms with Gasteiger partial charge in [-0.05, 0) is 31.0 Å². The second kappa shape index (κ2) is 7.37. The Hall–Kier alpha value is -2.92. The lowest BCUT2D eigenvalue weighted by molar-refractivity contribution is 0.0910. The summed E-state index contributed by atoms with van der Waals surface area (Å²) >= 11 is 0. The van der Waals surface area contributed by atoms with Crippen LogP contribution in [0.15, 0.2) is 63.8 Å². The van der Waals surface area contributed by atoms with E-state index in [2.05, 4.69) is 22.3 Å². The molecule has 1 N–H and O–H groups in total. The number of carbonyl (C=O) groups is 1. The monoisotopic (exact) mass is 362 g/mol. The molecule has 0 spiro atoms. The predicted octanol–water partition coefficient (Wildman–Crippen LogP) is 3.11. The number of benzene rings is 2. The van der Waals surface area contributed by atoms with Crippen molar-refractivity contribution in [1.29, 1.82) is 0 Å². The molecule has 0 radical (unpaired) electrons. The Bertz CT molecular complexity index is 1030. The number of aryl methyl sites for hydroxylation is 1. The van der Waals surface area contributed by atoms with Crippen LogP contribution < -0.4 is 10.7 Å². The molecule has 1 atom stereocenters. The van der Waals surface area contributed by atoms with Crippen LogP contribution in [0.3, 0.4) is 0 Å². The van der Waals surface area contributed by atoms with Crippen LogP contribution >= 0.6 is 0 Å². The molecule has 0 unspecified atom stereocenters. The van der Waals surface area contributed by atoms with Gasteiger partial charge in [-0.25, -0.2) is 0 Å². The molecule has 3 aromatic rings. The van der Waals surface area contributed by atoms with E-state index in [1.165, 1.54) is 11.6 Å². The van der Waals surface area contributed by atoms with Gasteiger partial charge in [0.1, 0.15) is 5.58 Å². The average Bonchev–Trinajstić information content (AvgIpc) is 3.09. The number of nitrogens with one attached hydrogen (secondary N) is 1. The summed E-state index contributed by atoms with van der Waals surface area (Å²) in [5.41, 5.74) is 2.49. The molecular weight excluding hydrogens is 340 g/mol. The van der Waals surface area contributed by atoms with E-state index in [0.717, 1.165) is 31.6 Å². The second-order valence-electron chi connectivity index (χ2n) is 7.15. The summed E-state index contributed by atoms with van der Waals surface area (Å²) in [5, 5.41) is 3.50. The summed E-state index contributed by atoms with van der Waals surface area (Å²) in [5.74, 6) is -0.265. The van der Waals surface area contributed by atoms with Crippen molar-refractivity contribution in [2.24, 2.45) is 0 Å². The summed E-state index contributed by atoms with van der Waals surface area (Å²) in [4.78, 5) is 27.2. The number of hydrogen-bond donors (Lipinski definition) is 1. The zero-order valence-corrected chi connectivity index (χ0v) is 15.3. The van der Waals surface area contributed by atoms with Gasteiger partial charge in [-0.1, -0.05) is 42.0 Å². The molecule has 1 fully saturated rings. The quantitative estimate of drug-likeness (QED) is 0.775. The molecule has 2 heterocycles. The molecule has 138 valence electrons. The number of carbonyl (C=O) groups excluding carboxylic acids is 1. The van der Waals surface area contributed by atoms with E-state index in [0.29, 0.717) is 11.0 Å². The highest BCUT2D eigenvalue weighted by atomic mass is 16.3. The van der Waals surface area contributed by atoms with Gasteiger partial charge in [-0.15, -0.1) is 0 Å². The molecule has 5 heteroatoms. The van der Waals surface area contributed by atoms with Gasteiger partial charge in [0.25, 0.3) is 5.91 Å². The van der Waals surface area contributed by atoms with Crippen LogP contribution in [0.4, 0.5) is 0 Å². The van der Waals surface area contributed by atoms with Gasteiger partial charge in [0.05, 0.1) is 5.39 Å². The number of hydrogen-bond acceptors (Lipinski definition) is 4. The topological polar surface area (TPSA) is 62.6 Å². The zero-order chi connectivity index (χ0) is 18.8. The van der Waals surface area contributed by atoms with Crippen LogP contribution in [0, 0.1) is 6.92 Å². The normalized spacial score (nSPS) is 17.3. The molecular formula is C22H22N2O3. The highest BCUT2D eigenvalue weighted by molar-refractivity contribution is 5.93. The molecule has 1 aliphatic rings. The van der Waals surface area contributed by atoms with Gasteiger partial charge in [0.2, 0.25) is 0 Å². The van der Waals surface area contributed by atoms with Crippen LogP contribution in [-0.4, -0.2) is 29.9 Å². The number of nitrogens with zero attached hydrogens (tertiary/aromatic N) is 1. The molecule has 1 saturated heterocycles. The largest absolute Gasteiger partial charge is 0.451 e. The molecule has 1 aromatic heterocycles. The van der Waals surface area contributed by atoms with E-state index in [1.54, 1.807) is 12.1 Å². The van der Waals surface area contributed by atoms with Crippen molar-refractivity contribution in [3.05, 3.63) is 81.7 Å². The predicted molar refractivity (Wildman–Crippen MR) is 105 cm³/mol. The summed E-state index contributed by atoms with van der Waals surface area (Å²) in [6, 6.07) is 17.0. The molecule has 1 amide bonds. The van der Waals surface area contributed by atoms with Crippen LogP contribution in [0.2, 0.25) is 0 Å². The Kier molecular flexibility index (Phi) is 4.77. The third-order valence-corrected chi connectivity index (χ3v) is 4.96. The summed E-state index contributed by atoms with van der Waals surface area (Å²) in [7, 11) is 0. The first-order chi connectivity index (χ1) is 13.1. The van der Waals surface area contributed by atoms with E-state index < -0.39 is 0 Å².